The van der Waals surface area contributed by atoms with Crippen LogP contribution in [0.25, 0.3) is 0 Å². The number of ether oxygens (including phenoxy) is 1. The molecule has 0 saturated carbocycles. The Labute approximate surface area is 124 Å². The Balaban J connectivity index is 3.09. The number of likely N-dealkylation sites (N-methyl/N-ethyl adjacent to an activating group) is 1. The zero-order chi connectivity index (χ0) is 16.2. The highest BCUT2D eigenvalue weighted by atomic mass is 32.2. The van der Waals surface area contributed by atoms with E-state index in [-0.39, 0.29) is 22.3 Å². The van der Waals surface area contributed by atoms with Gasteiger partial charge in [-0.3, -0.25) is 0 Å². The van der Waals surface area contributed by atoms with Crippen molar-refractivity contribution in [3.8, 4) is 5.75 Å². The van der Waals surface area contributed by atoms with Crippen molar-refractivity contribution in [2.75, 3.05) is 27.7 Å². The third kappa shape index (κ3) is 4.69. The molecule has 0 saturated heterocycles. The molecule has 1 aromatic rings. The van der Waals surface area contributed by atoms with Crippen LogP contribution in [-0.2, 0) is 10.0 Å². The second-order valence-corrected chi connectivity index (χ2v) is 6.67. The van der Waals surface area contributed by atoms with E-state index in [2.05, 4.69) is 4.72 Å². The van der Waals surface area contributed by atoms with Crippen LogP contribution in [0.15, 0.2) is 23.1 Å². The fourth-order valence-corrected chi connectivity index (χ4v) is 3.20. The predicted molar refractivity (Wildman–Crippen MR) is 78.3 cm³/mol. The molecule has 0 bridgehead atoms. The summed E-state index contributed by atoms with van der Waals surface area (Å²) in [5, 5.41) is 9.09. The van der Waals surface area contributed by atoms with E-state index in [0.717, 1.165) is 6.07 Å². The monoisotopic (exact) mass is 316 g/mol. The average Bonchev–Trinajstić information content (AvgIpc) is 2.35. The highest BCUT2D eigenvalue weighted by molar-refractivity contribution is 7.89. The number of benzene rings is 1. The second kappa shape index (κ2) is 6.88. The van der Waals surface area contributed by atoms with Crippen molar-refractivity contribution in [1.82, 2.24) is 9.62 Å². The molecule has 0 fully saturated rings. The van der Waals surface area contributed by atoms with Crippen molar-refractivity contribution in [2.45, 2.75) is 17.9 Å². The van der Waals surface area contributed by atoms with Crippen molar-refractivity contribution in [3.63, 3.8) is 0 Å². The minimum absolute atomic E-state index is 0.105. The lowest BCUT2D eigenvalue weighted by atomic mass is 10.2. The predicted octanol–water partition coefficient (Wildman–Crippen LogP) is 0.622. The van der Waals surface area contributed by atoms with Gasteiger partial charge >= 0.3 is 5.97 Å². The number of nitrogens with one attached hydrogen (secondary N) is 1. The van der Waals surface area contributed by atoms with Gasteiger partial charge in [-0.1, -0.05) is 0 Å². The minimum Gasteiger partial charge on any atom is -0.496 e. The molecule has 1 unspecified atom stereocenters. The standard InChI is InChI=1S/C13H20N2O5S/c1-9(8-15(2)3)14-21(18,19)10-5-6-12(20-4)11(7-10)13(16)17/h5-7,9,14H,8H2,1-4H3,(H,16,17). The van der Waals surface area contributed by atoms with Gasteiger partial charge in [0.2, 0.25) is 10.0 Å². The molecular weight excluding hydrogens is 296 g/mol. The highest BCUT2D eigenvalue weighted by Crippen LogP contribution is 2.22. The van der Waals surface area contributed by atoms with Gasteiger partial charge in [0.05, 0.1) is 12.0 Å². The Morgan fingerprint density at radius 3 is 2.52 bits per heavy atom. The molecule has 2 N–H and O–H groups in total. The van der Waals surface area contributed by atoms with Gasteiger partial charge in [-0.2, -0.15) is 0 Å². The van der Waals surface area contributed by atoms with Crippen LogP contribution in [0.5, 0.6) is 5.75 Å². The van der Waals surface area contributed by atoms with Crippen LogP contribution in [-0.4, -0.2) is 58.2 Å². The Hall–Kier alpha value is -1.64. The van der Waals surface area contributed by atoms with Crippen molar-refractivity contribution >= 4 is 16.0 Å². The van der Waals surface area contributed by atoms with E-state index in [1.54, 1.807) is 6.92 Å². The van der Waals surface area contributed by atoms with Crippen molar-refractivity contribution in [1.29, 1.82) is 0 Å². The molecule has 0 aliphatic carbocycles. The first-order valence-electron chi connectivity index (χ1n) is 6.25. The Kier molecular flexibility index (Phi) is 5.70. The van der Waals surface area contributed by atoms with E-state index in [0.29, 0.717) is 6.54 Å². The van der Waals surface area contributed by atoms with Crippen LogP contribution >= 0.6 is 0 Å². The first kappa shape index (κ1) is 17.4. The molecule has 0 aliphatic rings. The topological polar surface area (TPSA) is 95.9 Å². The first-order chi connectivity index (χ1) is 9.67. The summed E-state index contributed by atoms with van der Waals surface area (Å²) in [5.74, 6) is -1.13. The summed E-state index contributed by atoms with van der Waals surface area (Å²) in [6.45, 7) is 2.26. The average molecular weight is 316 g/mol. The van der Waals surface area contributed by atoms with Gasteiger partial charge in [0.1, 0.15) is 11.3 Å². The van der Waals surface area contributed by atoms with Crippen LogP contribution in [0.4, 0.5) is 0 Å². The van der Waals surface area contributed by atoms with Gasteiger partial charge in [0.15, 0.2) is 0 Å². The SMILES string of the molecule is COc1ccc(S(=O)(=O)NC(C)CN(C)C)cc1C(=O)O. The van der Waals surface area contributed by atoms with E-state index in [1.807, 2.05) is 19.0 Å². The smallest absolute Gasteiger partial charge is 0.339 e. The maximum Gasteiger partial charge on any atom is 0.339 e. The summed E-state index contributed by atoms with van der Waals surface area (Å²) >= 11 is 0. The van der Waals surface area contributed by atoms with Gasteiger partial charge < -0.3 is 14.7 Å². The number of carboxylic acid groups (broad SMARTS) is 1. The van der Waals surface area contributed by atoms with Crippen LogP contribution in [0.1, 0.15) is 17.3 Å². The lowest BCUT2D eigenvalue weighted by molar-refractivity contribution is 0.0693. The van der Waals surface area contributed by atoms with E-state index in [4.69, 9.17) is 9.84 Å². The van der Waals surface area contributed by atoms with Crippen molar-refractivity contribution in [3.05, 3.63) is 23.8 Å². The van der Waals surface area contributed by atoms with Crippen LogP contribution in [0, 0.1) is 0 Å². The summed E-state index contributed by atoms with van der Waals surface area (Å²) in [6, 6.07) is 3.43. The van der Waals surface area contributed by atoms with E-state index in [1.165, 1.54) is 19.2 Å². The molecule has 8 heteroatoms. The number of carboxylic acids is 1. The van der Waals surface area contributed by atoms with Gasteiger partial charge in [-0.05, 0) is 39.2 Å². The zero-order valence-electron chi connectivity index (χ0n) is 12.5. The quantitative estimate of drug-likeness (QED) is 0.765. The molecule has 118 valence electrons. The molecule has 0 radical (unpaired) electrons. The minimum atomic E-state index is -3.78. The number of rotatable bonds is 7. The molecule has 0 aromatic heterocycles. The van der Waals surface area contributed by atoms with Gasteiger partial charge in [0, 0.05) is 12.6 Å². The highest BCUT2D eigenvalue weighted by Gasteiger charge is 2.21. The molecule has 21 heavy (non-hydrogen) atoms. The van der Waals surface area contributed by atoms with Crippen LogP contribution in [0.2, 0.25) is 0 Å². The van der Waals surface area contributed by atoms with Crippen molar-refractivity contribution in [2.24, 2.45) is 0 Å². The third-order valence-electron chi connectivity index (χ3n) is 2.71. The van der Waals surface area contributed by atoms with E-state index >= 15 is 0 Å². The molecular formula is C13H20N2O5S. The lowest BCUT2D eigenvalue weighted by Crippen LogP contribution is -2.39. The summed E-state index contributed by atoms with van der Waals surface area (Å²) in [6.07, 6.45) is 0. The number of sulfonamides is 1. The summed E-state index contributed by atoms with van der Waals surface area (Å²) in [4.78, 5) is 12.9. The number of aromatic carboxylic acids is 1. The molecule has 0 spiro atoms. The van der Waals surface area contributed by atoms with Gasteiger partial charge in [-0.15, -0.1) is 0 Å². The Bertz CT molecular complexity index is 613. The maximum atomic E-state index is 12.2. The Morgan fingerprint density at radius 1 is 1.43 bits per heavy atom. The number of hydrogen-bond donors (Lipinski definition) is 2. The van der Waals surface area contributed by atoms with E-state index in [9.17, 15) is 13.2 Å². The third-order valence-corrected chi connectivity index (χ3v) is 4.29. The fourth-order valence-electron chi connectivity index (χ4n) is 1.94. The van der Waals surface area contributed by atoms with Gasteiger partial charge in [-0.25, -0.2) is 17.9 Å². The molecule has 0 amide bonds. The molecule has 7 nitrogen and oxygen atoms in total. The molecule has 0 aliphatic heterocycles. The van der Waals surface area contributed by atoms with E-state index < -0.39 is 16.0 Å². The van der Waals surface area contributed by atoms with Gasteiger partial charge in [0.25, 0.3) is 0 Å². The molecule has 1 aromatic carbocycles. The fraction of sp³-hybridized carbons (Fsp3) is 0.462. The Morgan fingerprint density at radius 2 is 2.05 bits per heavy atom. The largest absolute Gasteiger partial charge is 0.496 e. The van der Waals surface area contributed by atoms with Crippen molar-refractivity contribution < 1.29 is 23.1 Å². The van der Waals surface area contributed by atoms with Crippen LogP contribution < -0.4 is 9.46 Å². The molecule has 1 rings (SSSR count). The summed E-state index contributed by atoms with van der Waals surface area (Å²) < 4.78 is 31.9. The zero-order valence-corrected chi connectivity index (χ0v) is 13.3. The summed E-state index contributed by atoms with van der Waals surface area (Å²) in [7, 11) is 1.21. The summed E-state index contributed by atoms with van der Waals surface area (Å²) in [5.41, 5.74) is -0.194. The molecule has 0 heterocycles. The first-order valence-corrected chi connectivity index (χ1v) is 7.74. The number of carbonyl (C=O) groups is 1. The normalized spacial score (nSPS) is 13.2. The maximum absolute atomic E-state index is 12.2. The molecule has 1 atom stereocenters. The number of hydrogen-bond acceptors (Lipinski definition) is 5. The number of methoxy groups -OCH3 is 1. The lowest BCUT2D eigenvalue weighted by Gasteiger charge is -2.18. The second-order valence-electron chi connectivity index (χ2n) is 4.95. The van der Waals surface area contributed by atoms with Crippen LogP contribution in [0.3, 0.4) is 0 Å². The number of nitrogens with zero attached hydrogens (tertiary/aromatic N) is 1.